The molecule has 1 atom stereocenters. The van der Waals surface area contributed by atoms with E-state index in [4.69, 9.17) is 0 Å². The summed E-state index contributed by atoms with van der Waals surface area (Å²) >= 11 is 3.54. The summed E-state index contributed by atoms with van der Waals surface area (Å²) in [6.45, 7) is 2.74. The summed E-state index contributed by atoms with van der Waals surface area (Å²) in [5.41, 5.74) is 2.92. The van der Waals surface area contributed by atoms with Gasteiger partial charge in [0.1, 0.15) is 0 Å². The topological polar surface area (TPSA) is 32.3 Å². The van der Waals surface area contributed by atoms with Crippen LogP contribution in [0, 0.1) is 0 Å². The van der Waals surface area contributed by atoms with Gasteiger partial charge in [-0.3, -0.25) is 4.79 Å². The highest BCUT2D eigenvalue weighted by molar-refractivity contribution is 9.10. The number of halogens is 1. The fraction of sp³-hybridized carbons (Fsp3) is 0.588. The molecule has 1 aromatic rings. The van der Waals surface area contributed by atoms with Gasteiger partial charge in [0.15, 0.2) is 0 Å². The van der Waals surface area contributed by atoms with Crippen molar-refractivity contribution in [2.75, 3.05) is 19.6 Å². The fourth-order valence-electron chi connectivity index (χ4n) is 3.41. The first-order chi connectivity index (χ1) is 10.2. The molecule has 114 valence electrons. The second kappa shape index (κ2) is 6.93. The molecule has 1 heterocycles. The SMILES string of the molecule is O=C(CCNC1CCc2cc(Br)ccc2C1)N1CCCC1. The Morgan fingerprint density at radius 1 is 1.29 bits per heavy atom. The number of fused-ring (bicyclic) bond motifs is 1. The van der Waals surface area contributed by atoms with Gasteiger partial charge in [-0.25, -0.2) is 0 Å². The standard InChI is InChI=1S/C17H23BrN2O/c18-15-5-3-14-12-16(6-4-13(14)11-15)19-8-7-17(21)20-9-1-2-10-20/h3,5,11,16,19H,1-2,4,6-10,12H2. The number of nitrogens with one attached hydrogen (secondary N) is 1. The van der Waals surface area contributed by atoms with Crippen LogP contribution in [-0.2, 0) is 17.6 Å². The van der Waals surface area contributed by atoms with E-state index in [9.17, 15) is 4.79 Å². The van der Waals surface area contributed by atoms with Gasteiger partial charge in [0.2, 0.25) is 5.91 Å². The molecule has 1 saturated heterocycles. The Balaban J connectivity index is 1.44. The predicted molar refractivity (Wildman–Crippen MR) is 88.4 cm³/mol. The molecule has 0 radical (unpaired) electrons. The van der Waals surface area contributed by atoms with Gasteiger partial charge in [-0.2, -0.15) is 0 Å². The number of nitrogens with zero attached hydrogens (tertiary/aromatic N) is 1. The number of likely N-dealkylation sites (tertiary alicyclic amines) is 1. The number of carbonyl (C=O) groups is 1. The summed E-state index contributed by atoms with van der Waals surface area (Å²) in [4.78, 5) is 14.0. The minimum atomic E-state index is 0.320. The maximum absolute atomic E-state index is 12.0. The summed E-state index contributed by atoms with van der Waals surface area (Å²) in [6, 6.07) is 7.11. The molecule has 3 nitrogen and oxygen atoms in total. The van der Waals surface area contributed by atoms with Crippen molar-refractivity contribution in [1.29, 1.82) is 0 Å². The molecule has 1 aliphatic carbocycles. The van der Waals surface area contributed by atoms with Crippen molar-refractivity contribution in [2.45, 2.75) is 44.6 Å². The normalized spacial score (nSPS) is 21.4. The van der Waals surface area contributed by atoms with Crippen LogP contribution in [0.2, 0.25) is 0 Å². The highest BCUT2D eigenvalue weighted by atomic mass is 79.9. The van der Waals surface area contributed by atoms with E-state index < -0.39 is 0 Å². The van der Waals surface area contributed by atoms with E-state index in [0.29, 0.717) is 18.4 Å². The average Bonchev–Trinajstić information content (AvgIpc) is 3.01. The average molecular weight is 351 g/mol. The van der Waals surface area contributed by atoms with E-state index in [1.54, 1.807) is 0 Å². The van der Waals surface area contributed by atoms with Crippen LogP contribution in [0.4, 0.5) is 0 Å². The maximum atomic E-state index is 12.0. The van der Waals surface area contributed by atoms with E-state index in [-0.39, 0.29) is 0 Å². The third-order valence-electron chi connectivity index (χ3n) is 4.63. The van der Waals surface area contributed by atoms with Gasteiger partial charge in [0.05, 0.1) is 0 Å². The molecule has 4 heteroatoms. The molecule has 2 aliphatic rings. The van der Waals surface area contributed by atoms with Gasteiger partial charge in [-0.1, -0.05) is 22.0 Å². The Bertz CT molecular complexity index is 512. The van der Waals surface area contributed by atoms with Crippen LogP contribution in [0.15, 0.2) is 22.7 Å². The molecule has 1 aliphatic heterocycles. The van der Waals surface area contributed by atoms with Crippen molar-refractivity contribution >= 4 is 21.8 Å². The number of hydrogen-bond acceptors (Lipinski definition) is 2. The van der Waals surface area contributed by atoms with Crippen molar-refractivity contribution in [3.05, 3.63) is 33.8 Å². The molecular formula is C17H23BrN2O. The zero-order chi connectivity index (χ0) is 14.7. The van der Waals surface area contributed by atoms with Gasteiger partial charge >= 0.3 is 0 Å². The number of carbonyl (C=O) groups excluding carboxylic acids is 1. The molecule has 0 spiro atoms. The highest BCUT2D eigenvalue weighted by Crippen LogP contribution is 2.24. The lowest BCUT2D eigenvalue weighted by atomic mass is 9.88. The Labute approximate surface area is 135 Å². The van der Waals surface area contributed by atoms with Crippen LogP contribution < -0.4 is 5.32 Å². The van der Waals surface area contributed by atoms with Gasteiger partial charge in [0.25, 0.3) is 0 Å². The molecule has 0 saturated carbocycles. The van der Waals surface area contributed by atoms with Crippen molar-refractivity contribution in [1.82, 2.24) is 10.2 Å². The fourth-order valence-corrected chi connectivity index (χ4v) is 3.81. The van der Waals surface area contributed by atoms with Gasteiger partial charge < -0.3 is 10.2 Å². The lowest BCUT2D eigenvalue weighted by molar-refractivity contribution is -0.130. The number of aryl methyl sites for hydroxylation is 1. The number of amides is 1. The van der Waals surface area contributed by atoms with Crippen molar-refractivity contribution in [2.24, 2.45) is 0 Å². The monoisotopic (exact) mass is 350 g/mol. The first-order valence-electron chi connectivity index (χ1n) is 8.01. The first kappa shape index (κ1) is 15.0. The zero-order valence-electron chi connectivity index (χ0n) is 12.4. The van der Waals surface area contributed by atoms with Crippen LogP contribution >= 0.6 is 15.9 Å². The number of benzene rings is 1. The molecule has 1 aromatic carbocycles. The molecule has 0 bridgehead atoms. The molecule has 21 heavy (non-hydrogen) atoms. The van der Waals surface area contributed by atoms with Crippen LogP contribution in [-0.4, -0.2) is 36.5 Å². The Hall–Kier alpha value is -0.870. The van der Waals surface area contributed by atoms with Crippen LogP contribution in [0.3, 0.4) is 0 Å². The third-order valence-corrected chi connectivity index (χ3v) is 5.12. The lowest BCUT2D eigenvalue weighted by Crippen LogP contribution is -2.37. The Morgan fingerprint density at radius 3 is 2.90 bits per heavy atom. The summed E-state index contributed by atoms with van der Waals surface area (Å²) < 4.78 is 1.17. The van der Waals surface area contributed by atoms with Gasteiger partial charge in [-0.05, 0) is 55.4 Å². The van der Waals surface area contributed by atoms with Crippen LogP contribution in [0.5, 0.6) is 0 Å². The van der Waals surface area contributed by atoms with Crippen molar-refractivity contribution in [3.8, 4) is 0 Å². The molecule has 1 fully saturated rings. The summed E-state index contributed by atoms with van der Waals surface area (Å²) in [6.07, 6.45) is 6.38. The smallest absolute Gasteiger partial charge is 0.223 e. The lowest BCUT2D eigenvalue weighted by Gasteiger charge is -2.26. The Morgan fingerprint density at radius 2 is 2.10 bits per heavy atom. The summed E-state index contributed by atoms with van der Waals surface area (Å²) in [5.74, 6) is 0.320. The molecule has 1 unspecified atom stereocenters. The van der Waals surface area contributed by atoms with Gasteiger partial charge in [-0.15, -0.1) is 0 Å². The first-order valence-corrected chi connectivity index (χ1v) is 8.80. The van der Waals surface area contributed by atoms with E-state index in [2.05, 4.69) is 39.4 Å². The molecule has 3 rings (SSSR count). The second-order valence-corrected chi connectivity index (χ2v) is 7.06. The minimum Gasteiger partial charge on any atom is -0.343 e. The quantitative estimate of drug-likeness (QED) is 0.905. The molecule has 1 N–H and O–H groups in total. The Kier molecular flexibility index (Phi) is 4.96. The van der Waals surface area contributed by atoms with Gasteiger partial charge in [0, 0.05) is 36.6 Å². The highest BCUT2D eigenvalue weighted by Gasteiger charge is 2.20. The van der Waals surface area contributed by atoms with Crippen molar-refractivity contribution in [3.63, 3.8) is 0 Å². The largest absolute Gasteiger partial charge is 0.343 e. The molecule has 0 aromatic heterocycles. The molecule has 1 amide bonds. The van der Waals surface area contributed by atoms with E-state index in [1.807, 2.05) is 4.90 Å². The van der Waals surface area contributed by atoms with Crippen LogP contribution in [0.1, 0.15) is 36.8 Å². The summed E-state index contributed by atoms with van der Waals surface area (Å²) in [5, 5.41) is 3.57. The second-order valence-electron chi connectivity index (χ2n) is 6.14. The summed E-state index contributed by atoms with van der Waals surface area (Å²) in [7, 11) is 0. The van der Waals surface area contributed by atoms with Crippen LogP contribution in [0.25, 0.3) is 0 Å². The van der Waals surface area contributed by atoms with E-state index in [0.717, 1.165) is 32.5 Å². The number of hydrogen-bond donors (Lipinski definition) is 1. The maximum Gasteiger partial charge on any atom is 0.223 e. The zero-order valence-corrected chi connectivity index (χ0v) is 14.0. The number of rotatable bonds is 4. The third kappa shape index (κ3) is 3.86. The predicted octanol–water partition coefficient (Wildman–Crippen LogP) is 2.91. The van der Waals surface area contributed by atoms with E-state index >= 15 is 0 Å². The molecular weight excluding hydrogens is 328 g/mol. The van der Waals surface area contributed by atoms with E-state index in [1.165, 1.54) is 34.9 Å². The minimum absolute atomic E-state index is 0.320. The van der Waals surface area contributed by atoms with Crippen molar-refractivity contribution < 1.29 is 4.79 Å².